The van der Waals surface area contributed by atoms with E-state index in [-0.39, 0.29) is 29.4 Å². The molecular formula is C61H84O23. The Bertz CT molecular complexity index is 2730. The van der Waals surface area contributed by atoms with Gasteiger partial charge in [0.05, 0.1) is 54.7 Å². The Hall–Kier alpha value is -4.09. The molecule has 0 aromatic heterocycles. The number of rotatable bonds is 14. The zero-order valence-electron chi connectivity index (χ0n) is 48.3. The number of hydrogen-bond acceptors (Lipinski definition) is 22. The number of aliphatic hydroxyl groups is 11. The number of hydrogen-bond donors (Lipinski definition) is 12. The number of carboxylic acids is 1. The highest BCUT2D eigenvalue weighted by Gasteiger charge is 2.76. The van der Waals surface area contributed by atoms with Gasteiger partial charge in [-0.3, -0.25) is 0 Å². The molecule has 2 aromatic rings. The molecule has 466 valence electrons. The zero-order chi connectivity index (χ0) is 61.0. The van der Waals surface area contributed by atoms with Crippen molar-refractivity contribution in [1.82, 2.24) is 0 Å². The molecule has 10 rings (SSSR count). The minimum Gasteiger partial charge on any atom is -0.479 e. The summed E-state index contributed by atoms with van der Waals surface area (Å²) in [5, 5.41) is 135. The molecule has 3 heterocycles. The van der Waals surface area contributed by atoms with Gasteiger partial charge in [0.15, 0.2) is 31.1 Å². The molecular weight excluding hydrogens is 1100 g/mol. The fourth-order valence-electron chi connectivity index (χ4n) is 17.1. The Balaban J connectivity index is 0.978. The second-order valence-corrected chi connectivity index (χ2v) is 26.8. The van der Waals surface area contributed by atoms with Gasteiger partial charge in [-0.25, -0.2) is 14.4 Å². The Kier molecular flexibility index (Phi) is 17.3. The summed E-state index contributed by atoms with van der Waals surface area (Å²) in [5.74, 6) is -4.16. The molecule has 23 nitrogen and oxygen atoms in total. The number of carbonyl (C=O) groups is 3. The molecule has 3 saturated heterocycles. The summed E-state index contributed by atoms with van der Waals surface area (Å²) in [5.41, 5.74) is -4.72. The lowest BCUT2D eigenvalue weighted by molar-refractivity contribution is -0.386. The van der Waals surface area contributed by atoms with E-state index in [2.05, 4.69) is 19.9 Å². The summed E-state index contributed by atoms with van der Waals surface area (Å²) in [7, 11) is 0. The topological polar surface area (TPSA) is 368 Å². The predicted octanol–water partition coefficient (Wildman–Crippen LogP) is 0.958. The third-order valence-electron chi connectivity index (χ3n) is 21.9. The van der Waals surface area contributed by atoms with Crippen LogP contribution in [0.4, 0.5) is 0 Å². The lowest BCUT2D eigenvalue weighted by atomic mass is 9.32. The van der Waals surface area contributed by atoms with Gasteiger partial charge in [0, 0.05) is 10.8 Å². The quantitative estimate of drug-likeness (QED) is 0.0712. The maximum atomic E-state index is 14.3. The lowest BCUT2D eigenvalue weighted by Crippen LogP contribution is -2.76. The van der Waals surface area contributed by atoms with Gasteiger partial charge in [0.25, 0.3) is 0 Å². The van der Waals surface area contributed by atoms with Crippen LogP contribution in [0.2, 0.25) is 0 Å². The van der Waals surface area contributed by atoms with Gasteiger partial charge in [-0.15, -0.1) is 0 Å². The zero-order valence-corrected chi connectivity index (χ0v) is 48.3. The number of allylic oxidation sites excluding steroid dienone is 1. The van der Waals surface area contributed by atoms with Crippen molar-refractivity contribution in [2.75, 3.05) is 19.8 Å². The van der Waals surface area contributed by atoms with Crippen LogP contribution in [0.3, 0.4) is 0 Å². The Labute approximate surface area is 487 Å². The number of aliphatic hydroxyl groups excluding tert-OH is 11. The van der Waals surface area contributed by atoms with Crippen molar-refractivity contribution in [3.63, 3.8) is 0 Å². The summed E-state index contributed by atoms with van der Waals surface area (Å²) >= 11 is 0. The minimum absolute atomic E-state index is 0.168. The van der Waals surface area contributed by atoms with Crippen LogP contribution in [0.1, 0.15) is 108 Å². The monoisotopic (exact) mass is 1180 g/mol. The molecule has 0 amide bonds. The average molecular weight is 1190 g/mol. The Morgan fingerprint density at radius 1 is 0.583 bits per heavy atom. The molecule has 8 aliphatic rings. The third-order valence-corrected chi connectivity index (χ3v) is 21.9. The van der Waals surface area contributed by atoms with Crippen LogP contribution in [-0.4, -0.2) is 216 Å². The van der Waals surface area contributed by atoms with E-state index < -0.39 is 193 Å². The van der Waals surface area contributed by atoms with E-state index in [1.54, 1.807) is 60.7 Å². The first kappa shape index (κ1) is 62.9. The smallest absolute Gasteiger partial charge is 0.338 e. The van der Waals surface area contributed by atoms with Crippen molar-refractivity contribution in [3.05, 3.63) is 83.4 Å². The second kappa shape index (κ2) is 23.1. The van der Waals surface area contributed by atoms with Crippen LogP contribution >= 0.6 is 0 Å². The molecule has 2 aromatic carbocycles. The lowest BCUT2D eigenvalue weighted by Gasteiger charge is -2.73. The molecule has 84 heavy (non-hydrogen) atoms. The highest BCUT2D eigenvalue weighted by molar-refractivity contribution is 5.90. The molecule has 0 bridgehead atoms. The summed E-state index contributed by atoms with van der Waals surface area (Å²) in [6.07, 6.45) is -27.5. The minimum atomic E-state index is -2.13. The van der Waals surface area contributed by atoms with E-state index >= 15 is 0 Å². The van der Waals surface area contributed by atoms with Crippen molar-refractivity contribution < 1.29 is 114 Å². The van der Waals surface area contributed by atoms with Crippen LogP contribution in [0.5, 0.6) is 0 Å². The first-order valence-corrected chi connectivity index (χ1v) is 29.2. The van der Waals surface area contributed by atoms with Gasteiger partial charge in [0.2, 0.25) is 0 Å². The summed E-state index contributed by atoms with van der Waals surface area (Å²) in [4.78, 5) is 41.2. The van der Waals surface area contributed by atoms with Crippen molar-refractivity contribution in [1.29, 1.82) is 0 Å². The van der Waals surface area contributed by atoms with E-state index in [4.69, 9.17) is 37.9 Å². The maximum absolute atomic E-state index is 14.3. The van der Waals surface area contributed by atoms with Crippen LogP contribution in [0.15, 0.2) is 72.3 Å². The van der Waals surface area contributed by atoms with Gasteiger partial charge in [0.1, 0.15) is 67.1 Å². The number of carboxylic acid groups (broad SMARTS) is 1. The van der Waals surface area contributed by atoms with Crippen LogP contribution in [-0.2, 0) is 42.7 Å². The van der Waals surface area contributed by atoms with Crippen molar-refractivity contribution in [2.45, 2.75) is 204 Å². The molecule has 0 unspecified atom stereocenters. The van der Waals surface area contributed by atoms with Crippen molar-refractivity contribution in [2.24, 2.45) is 50.2 Å². The third kappa shape index (κ3) is 9.89. The normalized spacial score (nSPS) is 46.7. The number of carbonyl (C=O) groups excluding carboxylic acids is 2. The number of esters is 2. The Morgan fingerprint density at radius 2 is 1.12 bits per heavy atom. The van der Waals surface area contributed by atoms with Gasteiger partial charge in [-0.1, -0.05) is 96.5 Å². The first-order valence-electron chi connectivity index (χ1n) is 29.2. The second-order valence-electron chi connectivity index (χ2n) is 26.8. The predicted molar refractivity (Wildman–Crippen MR) is 289 cm³/mol. The van der Waals surface area contributed by atoms with E-state index in [1.165, 1.54) is 0 Å². The fraction of sp³-hybridized carbons (Fsp3) is 0.721. The van der Waals surface area contributed by atoms with E-state index in [0.717, 1.165) is 5.57 Å². The molecule has 7 fully saturated rings. The maximum Gasteiger partial charge on any atom is 0.338 e. The Morgan fingerprint density at radius 3 is 1.67 bits per heavy atom. The molecule has 23 heteroatoms. The molecule has 26 atom stereocenters. The van der Waals surface area contributed by atoms with Gasteiger partial charge < -0.3 is 99.2 Å². The van der Waals surface area contributed by atoms with E-state index in [9.17, 15) is 75.7 Å². The van der Waals surface area contributed by atoms with Crippen LogP contribution in [0, 0.1) is 50.2 Å². The summed E-state index contributed by atoms with van der Waals surface area (Å²) < 4.78 is 49.4. The largest absolute Gasteiger partial charge is 0.479 e. The average Bonchev–Trinajstić information content (AvgIpc) is 0.720. The summed E-state index contributed by atoms with van der Waals surface area (Å²) in [6.45, 7) is 11.8. The first-order chi connectivity index (χ1) is 39.6. The van der Waals surface area contributed by atoms with E-state index in [1.807, 2.05) is 34.6 Å². The fourth-order valence-corrected chi connectivity index (χ4v) is 17.1. The van der Waals surface area contributed by atoms with Crippen molar-refractivity contribution in [3.8, 4) is 0 Å². The van der Waals surface area contributed by atoms with Gasteiger partial charge in [-0.2, -0.15) is 0 Å². The van der Waals surface area contributed by atoms with Crippen LogP contribution < -0.4 is 0 Å². The molecule has 0 radical (unpaired) electrons. The van der Waals surface area contributed by atoms with Crippen molar-refractivity contribution >= 4 is 17.9 Å². The SMILES string of the molecule is CC1(C)C[C@H]2C3=CC[C@@H]4[C@@]5(C)CC[C@H](O[C@@H]6O[C@H](C(=O)O)[C@@H](O)[C@H](O[C@@H]7O[C@@H](CO)[C@H](O)[C@H]7O)[C@H]6O[C@@H]6O[C@H](CO)[C@H](O)[C@H](O)[C@H]6O)C(C)(C)[C@@H]5CC[C@@]4(C)[C@]3(C)[C@@H](O)[C@@H](O)[C@@]2(CO)[C@@H](OC(=O)c2ccccc2)[C@@H]1OC(=O)c1ccccc1. The van der Waals surface area contributed by atoms with Gasteiger partial charge in [-0.05, 0) is 96.8 Å². The number of aliphatic carboxylic acids is 1. The van der Waals surface area contributed by atoms with E-state index in [0.29, 0.717) is 32.1 Å². The molecule has 12 N–H and O–H groups in total. The van der Waals surface area contributed by atoms with Crippen LogP contribution in [0.25, 0.3) is 0 Å². The summed E-state index contributed by atoms with van der Waals surface area (Å²) in [6, 6.07) is 16.6. The number of benzene rings is 2. The molecule has 4 saturated carbocycles. The highest BCUT2D eigenvalue weighted by atomic mass is 16.8. The van der Waals surface area contributed by atoms with Gasteiger partial charge >= 0.3 is 17.9 Å². The molecule has 5 aliphatic carbocycles. The highest BCUT2D eigenvalue weighted by Crippen LogP contribution is 2.76. The number of fused-ring (bicyclic) bond motifs is 7. The molecule has 0 spiro atoms. The standard InChI is InChI=1S/C61H84O23/c1-56(2)24-31-30-18-19-35-58(5)22-21-36(79-55-45(82-54-41(69)39(67)37(65)32(25-62)77-54)43(42(70)44(81-55)50(73)74)80-53-40(68)38(66)33(26-63)78-53)57(3,4)34(58)20-23-59(35,6)60(30,7)46(71)47(72)61(31,27-64)49(84-52(76)29-16-12-9-13-17-29)48(56)83-51(75)28-14-10-8-11-15-28/h8-18,31-49,53-55,62-72H,19-27H2,1-7H3,(H,73,74)/t31-,32+,33-,34-,35+,36-,37-,38-,39-,40+,41+,42-,43-,44-,45+,46-,47+,48-,49-,53-,54-,55+,58-,59+,60-,61-/m0/s1. The molecule has 3 aliphatic heterocycles. The number of ether oxygens (including phenoxy) is 8.